The number of hydrogen-bond acceptors (Lipinski definition) is 2. The van der Waals surface area contributed by atoms with Gasteiger partial charge in [-0.05, 0) is 37.8 Å². The number of carbonyl (C=O) groups is 1. The van der Waals surface area contributed by atoms with Crippen LogP contribution < -0.4 is 5.32 Å². The molecule has 3 rings (SSSR count). The van der Waals surface area contributed by atoms with Gasteiger partial charge in [0.1, 0.15) is 5.82 Å². The van der Waals surface area contributed by atoms with Gasteiger partial charge in [0.05, 0.1) is 17.7 Å². The van der Waals surface area contributed by atoms with Crippen molar-refractivity contribution in [1.29, 1.82) is 0 Å². The standard InChI is InChI=1S/C17H20FN3O/c1-11-9-17(10-11,14-5-3-4-6-15(14)18)19-16(22)8-13-7-12(2)20-21-13/h3-7,11H,8-10H2,1-2H3,(H,19,22)(H,20,21). The fourth-order valence-electron chi connectivity index (χ4n) is 3.41. The number of rotatable bonds is 4. The van der Waals surface area contributed by atoms with Gasteiger partial charge in [-0.3, -0.25) is 9.89 Å². The van der Waals surface area contributed by atoms with Gasteiger partial charge in [-0.2, -0.15) is 5.10 Å². The number of H-pyrrole nitrogens is 1. The molecule has 0 bridgehead atoms. The summed E-state index contributed by atoms with van der Waals surface area (Å²) in [6, 6.07) is 8.54. The molecule has 2 N–H and O–H groups in total. The minimum atomic E-state index is -0.576. The van der Waals surface area contributed by atoms with Gasteiger partial charge in [0.15, 0.2) is 0 Å². The molecule has 0 saturated heterocycles. The average Bonchev–Trinajstić information content (AvgIpc) is 2.82. The lowest BCUT2D eigenvalue weighted by Crippen LogP contribution is -2.55. The van der Waals surface area contributed by atoms with Crippen molar-refractivity contribution in [3.05, 3.63) is 53.1 Å². The van der Waals surface area contributed by atoms with E-state index in [0.717, 1.165) is 18.5 Å². The molecule has 1 amide bonds. The minimum Gasteiger partial charge on any atom is -0.346 e. The number of aromatic nitrogens is 2. The highest BCUT2D eigenvalue weighted by molar-refractivity contribution is 5.79. The van der Waals surface area contributed by atoms with Crippen molar-refractivity contribution in [1.82, 2.24) is 15.5 Å². The Hall–Kier alpha value is -2.17. The number of carbonyl (C=O) groups excluding carboxylic acids is 1. The molecule has 5 heteroatoms. The third-order valence-electron chi connectivity index (χ3n) is 4.26. The highest BCUT2D eigenvalue weighted by Gasteiger charge is 2.46. The van der Waals surface area contributed by atoms with Crippen LogP contribution in [0.1, 0.15) is 36.7 Å². The second-order valence-corrected chi connectivity index (χ2v) is 6.34. The molecule has 2 aromatic rings. The van der Waals surface area contributed by atoms with E-state index in [1.807, 2.05) is 19.1 Å². The van der Waals surface area contributed by atoms with Crippen LogP contribution in [0.3, 0.4) is 0 Å². The number of amides is 1. The monoisotopic (exact) mass is 301 g/mol. The number of halogens is 1. The smallest absolute Gasteiger partial charge is 0.226 e. The van der Waals surface area contributed by atoms with E-state index < -0.39 is 5.54 Å². The van der Waals surface area contributed by atoms with Crippen LogP contribution in [-0.4, -0.2) is 16.1 Å². The molecule has 1 aliphatic carbocycles. The van der Waals surface area contributed by atoms with Crippen LogP contribution in [0.15, 0.2) is 30.3 Å². The summed E-state index contributed by atoms with van der Waals surface area (Å²) in [6.45, 7) is 4.01. The summed E-state index contributed by atoms with van der Waals surface area (Å²) in [6.07, 6.45) is 1.73. The number of nitrogens with one attached hydrogen (secondary N) is 2. The Morgan fingerprint density at radius 1 is 1.45 bits per heavy atom. The van der Waals surface area contributed by atoms with Crippen molar-refractivity contribution in [2.75, 3.05) is 0 Å². The van der Waals surface area contributed by atoms with Crippen molar-refractivity contribution in [2.45, 2.75) is 38.6 Å². The van der Waals surface area contributed by atoms with Gasteiger partial charge in [0.25, 0.3) is 0 Å². The summed E-state index contributed by atoms with van der Waals surface area (Å²) in [5, 5.41) is 9.94. The first kappa shape index (κ1) is 14.8. The Morgan fingerprint density at radius 2 is 2.18 bits per heavy atom. The molecule has 1 heterocycles. The van der Waals surface area contributed by atoms with Crippen molar-refractivity contribution in [2.24, 2.45) is 5.92 Å². The van der Waals surface area contributed by atoms with Crippen molar-refractivity contribution < 1.29 is 9.18 Å². The Kier molecular flexibility index (Phi) is 3.72. The van der Waals surface area contributed by atoms with Gasteiger partial charge in [-0.15, -0.1) is 0 Å². The summed E-state index contributed by atoms with van der Waals surface area (Å²) in [7, 11) is 0. The van der Waals surface area contributed by atoms with Gasteiger partial charge in [-0.25, -0.2) is 4.39 Å². The van der Waals surface area contributed by atoms with Crippen LogP contribution in [0.4, 0.5) is 4.39 Å². The van der Waals surface area contributed by atoms with Crippen LogP contribution in [0.2, 0.25) is 0 Å². The first-order chi connectivity index (χ1) is 10.5. The summed E-state index contributed by atoms with van der Waals surface area (Å²) in [5.74, 6) is 0.0968. The fraction of sp³-hybridized carbons (Fsp3) is 0.412. The van der Waals surface area contributed by atoms with E-state index in [1.54, 1.807) is 12.1 Å². The zero-order valence-corrected chi connectivity index (χ0v) is 12.8. The molecular weight excluding hydrogens is 281 g/mol. The maximum Gasteiger partial charge on any atom is 0.226 e. The van der Waals surface area contributed by atoms with Crippen LogP contribution in [-0.2, 0) is 16.8 Å². The number of benzene rings is 1. The maximum absolute atomic E-state index is 14.1. The summed E-state index contributed by atoms with van der Waals surface area (Å²) in [4.78, 5) is 12.3. The molecule has 116 valence electrons. The Balaban J connectivity index is 1.77. The largest absolute Gasteiger partial charge is 0.346 e. The van der Waals surface area contributed by atoms with E-state index in [1.165, 1.54) is 6.07 Å². The van der Waals surface area contributed by atoms with Crippen LogP contribution in [0.25, 0.3) is 0 Å². The normalized spacial score (nSPS) is 23.9. The molecule has 22 heavy (non-hydrogen) atoms. The molecule has 0 aliphatic heterocycles. The maximum atomic E-state index is 14.1. The van der Waals surface area contributed by atoms with Crippen molar-refractivity contribution in [3.63, 3.8) is 0 Å². The molecular formula is C17H20FN3O. The lowest BCUT2D eigenvalue weighted by Gasteiger charge is -2.47. The van der Waals surface area contributed by atoms with Crippen LogP contribution >= 0.6 is 0 Å². The Morgan fingerprint density at radius 3 is 2.77 bits per heavy atom. The van der Waals surface area contributed by atoms with Crippen molar-refractivity contribution >= 4 is 5.91 Å². The zero-order valence-electron chi connectivity index (χ0n) is 12.8. The van der Waals surface area contributed by atoms with Gasteiger partial charge in [-0.1, -0.05) is 25.1 Å². The lowest BCUT2D eigenvalue weighted by molar-refractivity contribution is -0.124. The van der Waals surface area contributed by atoms with Gasteiger partial charge >= 0.3 is 0 Å². The molecule has 1 saturated carbocycles. The molecule has 1 fully saturated rings. The molecule has 0 unspecified atom stereocenters. The van der Waals surface area contributed by atoms with E-state index in [0.29, 0.717) is 17.2 Å². The first-order valence-corrected chi connectivity index (χ1v) is 7.55. The highest BCUT2D eigenvalue weighted by atomic mass is 19.1. The second kappa shape index (κ2) is 5.55. The number of aromatic amines is 1. The number of hydrogen-bond donors (Lipinski definition) is 2. The molecule has 0 spiro atoms. The first-order valence-electron chi connectivity index (χ1n) is 7.55. The molecule has 1 aromatic carbocycles. The van der Waals surface area contributed by atoms with E-state index in [2.05, 4.69) is 22.4 Å². The zero-order chi connectivity index (χ0) is 15.7. The van der Waals surface area contributed by atoms with E-state index in [-0.39, 0.29) is 18.1 Å². The van der Waals surface area contributed by atoms with Crippen LogP contribution in [0, 0.1) is 18.7 Å². The van der Waals surface area contributed by atoms with Crippen LogP contribution in [0.5, 0.6) is 0 Å². The number of aryl methyl sites for hydroxylation is 1. The van der Waals surface area contributed by atoms with E-state index in [9.17, 15) is 9.18 Å². The summed E-state index contributed by atoms with van der Waals surface area (Å²) in [5.41, 5.74) is 1.63. The van der Waals surface area contributed by atoms with E-state index in [4.69, 9.17) is 0 Å². The minimum absolute atomic E-state index is 0.123. The molecule has 4 nitrogen and oxygen atoms in total. The summed E-state index contributed by atoms with van der Waals surface area (Å²) >= 11 is 0. The quantitative estimate of drug-likeness (QED) is 0.912. The third-order valence-corrected chi connectivity index (χ3v) is 4.26. The highest BCUT2D eigenvalue weighted by Crippen LogP contribution is 2.46. The average molecular weight is 301 g/mol. The topological polar surface area (TPSA) is 57.8 Å². The molecule has 0 atom stereocenters. The van der Waals surface area contributed by atoms with E-state index >= 15 is 0 Å². The molecule has 1 aromatic heterocycles. The van der Waals surface area contributed by atoms with Gasteiger partial charge in [0, 0.05) is 11.3 Å². The Labute approximate surface area is 129 Å². The predicted octanol–water partition coefficient (Wildman–Crippen LogP) is 2.84. The van der Waals surface area contributed by atoms with Crippen molar-refractivity contribution in [3.8, 4) is 0 Å². The fourth-order valence-corrected chi connectivity index (χ4v) is 3.41. The Bertz CT molecular complexity index is 689. The third kappa shape index (κ3) is 2.75. The summed E-state index contributed by atoms with van der Waals surface area (Å²) < 4.78 is 14.1. The second-order valence-electron chi connectivity index (χ2n) is 6.34. The lowest BCUT2D eigenvalue weighted by atomic mass is 9.65. The molecule has 0 radical (unpaired) electrons. The molecule has 1 aliphatic rings. The predicted molar refractivity (Wildman–Crippen MR) is 81.6 cm³/mol. The van der Waals surface area contributed by atoms with Gasteiger partial charge in [0.2, 0.25) is 5.91 Å². The van der Waals surface area contributed by atoms with Gasteiger partial charge < -0.3 is 5.32 Å². The number of nitrogens with zero attached hydrogens (tertiary/aromatic N) is 1. The SMILES string of the molecule is Cc1cc(CC(=O)NC2(c3ccccc3F)CC(C)C2)n[nH]1.